The number of nitro benzene ring substituents is 1. The highest BCUT2D eigenvalue weighted by atomic mass is 16.6. The van der Waals surface area contributed by atoms with Crippen molar-refractivity contribution in [2.45, 2.75) is 13.0 Å². The van der Waals surface area contributed by atoms with E-state index >= 15 is 0 Å². The van der Waals surface area contributed by atoms with E-state index in [1.165, 1.54) is 18.5 Å². The van der Waals surface area contributed by atoms with Crippen LogP contribution in [0.5, 0.6) is 0 Å². The molecule has 8 nitrogen and oxygen atoms in total. The van der Waals surface area contributed by atoms with Crippen LogP contribution in [0, 0.1) is 10.1 Å². The molecule has 8 heteroatoms. The summed E-state index contributed by atoms with van der Waals surface area (Å²) in [5.41, 5.74) is 1.63. The molecule has 1 unspecified atom stereocenters. The van der Waals surface area contributed by atoms with Crippen molar-refractivity contribution in [3.05, 3.63) is 52.6 Å². The summed E-state index contributed by atoms with van der Waals surface area (Å²) in [7, 11) is 0. The van der Waals surface area contributed by atoms with Gasteiger partial charge in [0.05, 0.1) is 22.7 Å². The van der Waals surface area contributed by atoms with Crippen LogP contribution in [0.4, 0.5) is 11.5 Å². The molecule has 0 aliphatic rings. The van der Waals surface area contributed by atoms with E-state index in [-0.39, 0.29) is 11.7 Å². The second-order valence-corrected chi connectivity index (χ2v) is 4.58. The van der Waals surface area contributed by atoms with Crippen molar-refractivity contribution in [1.82, 2.24) is 20.2 Å². The summed E-state index contributed by atoms with van der Waals surface area (Å²) < 4.78 is 0. The number of benzene rings is 1. The third-order valence-electron chi connectivity index (χ3n) is 3.20. The van der Waals surface area contributed by atoms with E-state index in [2.05, 4.69) is 25.5 Å². The molecule has 0 spiro atoms. The van der Waals surface area contributed by atoms with Gasteiger partial charge < -0.3 is 5.32 Å². The average Bonchev–Trinajstić information content (AvgIpc) is 3.01. The van der Waals surface area contributed by atoms with Gasteiger partial charge in [0.1, 0.15) is 12.1 Å². The Morgan fingerprint density at radius 3 is 2.95 bits per heavy atom. The summed E-state index contributed by atoms with van der Waals surface area (Å²) in [4.78, 5) is 18.8. The third-order valence-corrected chi connectivity index (χ3v) is 3.20. The molecule has 3 aromatic rings. The average molecular weight is 284 g/mol. The minimum absolute atomic E-state index is 0.0105. The predicted molar refractivity (Wildman–Crippen MR) is 76.8 cm³/mol. The first-order valence-corrected chi connectivity index (χ1v) is 6.29. The fourth-order valence-corrected chi connectivity index (χ4v) is 2.06. The lowest BCUT2D eigenvalue weighted by molar-refractivity contribution is -0.384. The molecule has 106 valence electrons. The van der Waals surface area contributed by atoms with Crippen LogP contribution in [0.2, 0.25) is 0 Å². The first-order chi connectivity index (χ1) is 10.1. The first-order valence-electron chi connectivity index (χ1n) is 6.29. The smallest absolute Gasteiger partial charge is 0.270 e. The molecule has 0 aliphatic heterocycles. The number of fused-ring (bicyclic) bond motifs is 1. The number of hydrogen-bond acceptors (Lipinski definition) is 6. The van der Waals surface area contributed by atoms with E-state index in [4.69, 9.17) is 0 Å². The Bertz CT molecular complexity index is 786. The van der Waals surface area contributed by atoms with E-state index in [0.29, 0.717) is 16.7 Å². The molecule has 21 heavy (non-hydrogen) atoms. The van der Waals surface area contributed by atoms with Gasteiger partial charge in [0.2, 0.25) is 0 Å². The molecule has 1 aromatic carbocycles. The lowest BCUT2D eigenvalue weighted by Gasteiger charge is -2.14. The number of anilines is 1. The van der Waals surface area contributed by atoms with Crippen molar-refractivity contribution in [1.29, 1.82) is 0 Å². The molecule has 0 amide bonds. The van der Waals surface area contributed by atoms with Crippen LogP contribution in [0.1, 0.15) is 18.5 Å². The van der Waals surface area contributed by atoms with Crippen molar-refractivity contribution in [2.24, 2.45) is 0 Å². The largest absolute Gasteiger partial charge is 0.363 e. The Morgan fingerprint density at radius 1 is 1.38 bits per heavy atom. The highest BCUT2D eigenvalue weighted by molar-refractivity contribution is 5.90. The summed E-state index contributed by atoms with van der Waals surface area (Å²) in [6, 6.07) is 4.47. The number of H-pyrrole nitrogens is 1. The quantitative estimate of drug-likeness (QED) is 0.562. The standard InChI is InChI=1S/C13H12N6O2/c1-8(9-5-16-17-6-9)18-13-11-4-10(19(20)21)2-3-12(11)14-7-15-13/h2-8H,1H3,(H,16,17)(H,14,15,18). The van der Waals surface area contributed by atoms with Crippen molar-refractivity contribution in [3.8, 4) is 0 Å². The predicted octanol–water partition coefficient (Wildman–Crippen LogP) is 2.43. The molecule has 0 aliphatic carbocycles. The Labute approximate surface area is 119 Å². The molecule has 1 atom stereocenters. The van der Waals surface area contributed by atoms with Gasteiger partial charge in [-0.1, -0.05) is 0 Å². The number of nitrogens with zero attached hydrogens (tertiary/aromatic N) is 4. The maximum atomic E-state index is 10.9. The van der Waals surface area contributed by atoms with Gasteiger partial charge >= 0.3 is 0 Å². The molecule has 0 bridgehead atoms. The van der Waals surface area contributed by atoms with Gasteiger partial charge in [-0.3, -0.25) is 15.2 Å². The highest BCUT2D eigenvalue weighted by Crippen LogP contribution is 2.26. The molecule has 0 saturated heterocycles. The Kier molecular flexibility index (Phi) is 3.19. The van der Waals surface area contributed by atoms with Gasteiger partial charge in [-0.15, -0.1) is 0 Å². The summed E-state index contributed by atoms with van der Waals surface area (Å²) in [6.07, 6.45) is 4.92. The molecular formula is C13H12N6O2. The van der Waals surface area contributed by atoms with E-state index in [1.54, 1.807) is 18.5 Å². The third kappa shape index (κ3) is 2.50. The van der Waals surface area contributed by atoms with E-state index in [0.717, 1.165) is 5.56 Å². The second kappa shape index (κ2) is 5.16. The number of rotatable bonds is 4. The van der Waals surface area contributed by atoms with Crippen LogP contribution >= 0.6 is 0 Å². The van der Waals surface area contributed by atoms with Gasteiger partial charge in [0, 0.05) is 29.3 Å². The number of nitro groups is 1. The van der Waals surface area contributed by atoms with Gasteiger partial charge in [0.15, 0.2) is 0 Å². The molecule has 2 N–H and O–H groups in total. The first kappa shape index (κ1) is 13.0. The van der Waals surface area contributed by atoms with Crippen LogP contribution in [0.15, 0.2) is 36.9 Å². The molecule has 3 rings (SSSR count). The van der Waals surface area contributed by atoms with Crippen LogP contribution in [-0.4, -0.2) is 25.1 Å². The van der Waals surface area contributed by atoms with Crippen molar-refractivity contribution in [3.63, 3.8) is 0 Å². The lowest BCUT2D eigenvalue weighted by atomic mass is 10.1. The number of aromatic amines is 1. The molecule has 0 saturated carbocycles. The van der Waals surface area contributed by atoms with Crippen molar-refractivity contribution in [2.75, 3.05) is 5.32 Å². The fraction of sp³-hybridized carbons (Fsp3) is 0.154. The highest BCUT2D eigenvalue weighted by Gasteiger charge is 2.13. The van der Waals surface area contributed by atoms with Crippen molar-refractivity contribution >= 4 is 22.4 Å². The number of non-ortho nitro benzene ring substituents is 1. The van der Waals surface area contributed by atoms with Crippen LogP contribution < -0.4 is 5.32 Å². The summed E-state index contributed by atoms with van der Waals surface area (Å²) >= 11 is 0. The SMILES string of the molecule is CC(Nc1ncnc2ccc([N+](=O)[O-])cc12)c1cn[nH]c1. The van der Waals surface area contributed by atoms with Crippen LogP contribution in [-0.2, 0) is 0 Å². The van der Waals surface area contributed by atoms with Crippen molar-refractivity contribution < 1.29 is 4.92 Å². The second-order valence-electron chi connectivity index (χ2n) is 4.58. The molecule has 0 fully saturated rings. The minimum atomic E-state index is -0.435. The normalized spacial score (nSPS) is 12.2. The summed E-state index contributed by atoms with van der Waals surface area (Å²) in [6.45, 7) is 1.95. The van der Waals surface area contributed by atoms with Gasteiger partial charge in [-0.05, 0) is 13.0 Å². The van der Waals surface area contributed by atoms with E-state index < -0.39 is 4.92 Å². The number of hydrogen-bond donors (Lipinski definition) is 2. The van der Waals surface area contributed by atoms with Gasteiger partial charge in [-0.25, -0.2) is 9.97 Å². The monoisotopic (exact) mass is 284 g/mol. The lowest BCUT2D eigenvalue weighted by Crippen LogP contribution is -2.08. The van der Waals surface area contributed by atoms with E-state index in [9.17, 15) is 10.1 Å². The maximum Gasteiger partial charge on any atom is 0.270 e. The zero-order valence-electron chi connectivity index (χ0n) is 11.1. The summed E-state index contributed by atoms with van der Waals surface area (Å²) in [5.74, 6) is 0.553. The minimum Gasteiger partial charge on any atom is -0.363 e. The number of aromatic nitrogens is 4. The Morgan fingerprint density at radius 2 is 2.24 bits per heavy atom. The molecule has 2 aromatic heterocycles. The zero-order chi connectivity index (χ0) is 14.8. The topological polar surface area (TPSA) is 110 Å². The van der Waals surface area contributed by atoms with Crippen LogP contribution in [0.3, 0.4) is 0 Å². The summed E-state index contributed by atoms with van der Waals surface area (Å²) in [5, 5.41) is 21.4. The van der Waals surface area contributed by atoms with Crippen LogP contribution in [0.25, 0.3) is 10.9 Å². The fourth-order valence-electron chi connectivity index (χ4n) is 2.06. The van der Waals surface area contributed by atoms with Gasteiger partial charge in [0.25, 0.3) is 5.69 Å². The molecular weight excluding hydrogens is 272 g/mol. The van der Waals surface area contributed by atoms with E-state index in [1.807, 2.05) is 6.92 Å². The molecule has 0 radical (unpaired) electrons. The Hall–Kier alpha value is -3.03. The number of nitrogens with one attached hydrogen (secondary N) is 2. The zero-order valence-corrected chi connectivity index (χ0v) is 11.1. The maximum absolute atomic E-state index is 10.9. The Balaban J connectivity index is 2.01. The van der Waals surface area contributed by atoms with Gasteiger partial charge in [-0.2, -0.15) is 5.10 Å². The molecule has 2 heterocycles.